The molecule has 2 atom stereocenters. The summed E-state index contributed by atoms with van der Waals surface area (Å²) < 4.78 is 0. The van der Waals surface area contributed by atoms with Crippen LogP contribution in [-0.2, 0) is 6.54 Å². The van der Waals surface area contributed by atoms with Gasteiger partial charge in [-0.25, -0.2) is 0 Å². The summed E-state index contributed by atoms with van der Waals surface area (Å²) in [5, 5.41) is 3.07. The zero-order valence-corrected chi connectivity index (χ0v) is 15.2. The molecule has 1 fully saturated rings. The number of likely N-dealkylation sites (tertiary alicyclic amines) is 1. The molecule has 0 aliphatic carbocycles. The van der Waals surface area contributed by atoms with Crippen molar-refractivity contribution in [3.8, 4) is 0 Å². The summed E-state index contributed by atoms with van der Waals surface area (Å²) in [6.07, 6.45) is 2.63. The number of nitrogens with one attached hydrogen (secondary N) is 1. The molecule has 0 spiro atoms. The van der Waals surface area contributed by atoms with E-state index in [0.717, 1.165) is 23.6 Å². The van der Waals surface area contributed by atoms with Crippen LogP contribution in [0.25, 0.3) is 0 Å². The van der Waals surface area contributed by atoms with Crippen LogP contribution in [0.3, 0.4) is 0 Å². The third-order valence-electron chi connectivity index (χ3n) is 5.01. The largest absolute Gasteiger partial charge is 0.346 e. The Balaban J connectivity index is 1.57. The fourth-order valence-electron chi connectivity index (χ4n) is 3.56. The Bertz CT molecular complexity index is 681. The Labute approximate surface area is 151 Å². The second-order valence-corrected chi connectivity index (χ2v) is 7.29. The topological polar surface area (TPSA) is 32.3 Å². The van der Waals surface area contributed by atoms with Crippen molar-refractivity contribution in [2.75, 3.05) is 13.1 Å². The molecule has 0 bridgehead atoms. The van der Waals surface area contributed by atoms with Crippen LogP contribution in [0.2, 0.25) is 0 Å². The first kappa shape index (κ1) is 17.7. The van der Waals surface area contributed by atoms with E-state index >= 15 is 0 Å². The van der Waals surface area contributed by atoms with Crippen molar-refractivity contribution in [3.05, 3.63) is 71.3 Å². The molecule has 1 aliphatic heterocycles. The van der Waals surface area contributed by atoms with E-state index in [1.54, 1.807) is 0 Å². The molecule has 0 radical (unpaired) electrons. The number of rotatable bonds is 5. The van der Waals surface area contributed by atoms with Crippen LogP contribution >= 0.6 is 0 Å². The highest BCUT2D eigenvalue weighted by Crippen LogP contribution is 2.18. The van der Waals surface area contributed by atoms with E-state index in [0.29, 0.717) is 0 Å². The first-order valence-electron chi connectivity index (χ1n) is 9.29. The molecule has 3 heteroatoms. The smallest absolute Gasteiger partial charge is 0.251 e. The van der Waals surface area contributed by atoms with Crippen LogP contribution in [-0.4, -0.2) is 23.9 Å². The lowest BCUT2D eigenvalue weighted by molar-refractivity contribution is 0.0940. The number of amides is 1. The van der Waals surface area contributed by atoms with Gasteiger partial charge in [-0.2, -0.15) is 0 Å². The highest BCUT2D eigenvalue weighted by Gasteiger charge is 2.16. The normalized spacial score (nSPS) is 19.4. The second kappa shape index (κ2) is 8.30. The Morgan fingerprint density at radius 3 is 2.56 bits per heavy atom. The lowest BCUT2D eigenvalue weighted by atomic mass is 9.99. The molecule has 0 unspecified atom stereocenters. The molecular formula is C22H28N2O. The Morgan fingerprint density at radius 1 is 1.16 bits per heavy atom. The Kier molecular flexibility index (Phi) is 5.87. The summed E-state index contributed by atoms with van der Waals surface area (Å²) in [7, 11) is 0. The first-order valence-corrected chi connectivity index (χ1v) is 9.29. The molecule has 0 aromatic heterocycles. The molecule has 1 saturated heterocycles. The summed E-state index contributed by atoms with van der Waals surface area (Å²) in [5.41, 5.74) is 3.12. The molecule has 1 N–H and O–H groups in total. The summed E-state index contributed by atoms with van der Waals surface area (Å²) >= 11 is 0. The summed E-state index contributed by atoms with van der Waals surface area (Å²) in [6, 6.07) is 18.1. The molecule has 25 heavy (non-hydrogen) atoms. The van der Waals surface area contributed by atoms with Gasteiger partial charge in [-0.3, -0.25) is 9.69 Å². The third kappa shape index (κ3) is 4.93. The van der Waals surface area contributed by atoms with Crippen molar-refractivity contribution in [2.24, 2.45) is 5.92 Å². The van der Waals surface area contributed by atoms with Gasteiger partial charge in [0.15, 0.2) is 0 Å². The Hall–Kier alpha value is -2.13. The van der Waals surface area contributed by atoms with Crippen LogP contribution in [0, 0.1) is 5.92 Å². The quantitative estimate of drug-likeness (QED) is 0.877. The van der Waals surface area contributed by atoms with Gasteiger partial charge in [0.1, 0.15) is 0 Å². The van der Waals surface area contributed by atoms with Gasteiger partial charge in [0.25, 0.3) is 5.91 Å². The molecule has 3 rings (SSSR count). The van der Waals surface area contributed by atoms with Gasteiger partial charge < -0.3 is 5.32 Å². The van der Waals surface area contributed by atoms with Crippen molar-refractivity contribution in [1.29, 1.82) is 0 Å². The van der Waals surface area contributed by atoms with E-state index in [2.05, 4.69) is 29.3 Å². The zero-order valence-electron chi connectivity index (χ0n) is 15.2. The molecular weight excluding hydrogens is 308 g/mol. The monoisotopic (exact) mass is 336 g/mol. The maximum Gasteiger partial charge on any atom is 0.251 e. The molecule has 2 aromatic carbocycles. The highest BCUT2D eigenvalue weighted by molar-refractivity contribution is 5.94. The highest BCUT2D eigenvalue weighted by atomic mass is 16.1. The van der Waals surface area contributed by atoms with Gasteiger partial charge >= 0.3 is 0 Å². The number of piperidine rings is 1. The molecule has 1 aliphatic rings. The van der Waals surface area contributed by atoms with Crippen LogP contribution in [0.15, 0.2) is 54.6 Å². The molecule has 3 nitrogen and oxygen atoms in total. The SMILES string of the molecule is C[C@@H]1CCCN(Cc2ccc(C(=O)N[C@@H](C)c3ccccc3)cc2)C1. The number of hydrogen-bond donors (Lipinski definition) is 1. The van der Waals surface area contributed by atoms with Gasteiger partial charge in [0.2, 0.25) is 0 Å². The van der Waals surface area contributed by atoms with E-state index in [1.165, 1.54) is 31.5 Å². The average Bonchev–Trinajstić information content (AvgIpc) is 2.63. The Morgan fingerprint density at radius 2 is 1.88 bits per heavy atom. The molecule has 2 aromatic rings. The number of benzene rings is 2. The van der Waals surface area contributed by atoms with Gasteiger partial charge in [-0.15, -0.1) is 0 Å². The average molecular weight is 336 g/mol. The summed E-state index contributed by atoms with van der Waals surface area (Å²) in [6.45, 7) is 7.68. The number of hydrogen-bond acceptors (Lipinski definition) is 2. The zero-order chi connectivity index (χ0) is 17.6. The van der Waals surface area contributed by atoms with Crippen LogP contribution in [0.5, 0.6) is 0 Å². The van der Waals surface area contributed by atoms with E-state index in [1.807, 2.05) is 49.4 Å². The van der Waals surface area contributed by atoms with Gasteiger partial charge in [-0.05, 0) is 55.5 Å². The molecule has 1 heterocycles. The van der Waals surface area contributed by atoms with Crippen molar-refractivity contribution in [1.82, 2.24) is 10.2 Å². The lowest BCUT2D eigenvalue weighted by Crippen LogP contribution is -2.33. The molecule has 132 valence electrons. The van der Waals surface area contributed by atoms with Gasteiger partial charge in [0, 0.05) is 18.7 Å². The lowest BCUT2D eigenvalue weighted by Gasteiger charge is -2.30. The maximum absolute atomic E-state index is 12.5. The van der Waals surface area contributed by atoms with Crippen LogP contribution < -0.4 is 5.32 Å². The first-order chi connectivity index (χ1) is 12.1. The van der Waals surface area contributed by atoms with Crippen molar-refractivity contribution >= 4 is 5.91 Å². The standard InChI is InChI=1S/C22H28N2O/c1-17-7-6-14-24(15-17)16-19-10-12-21(13-11-19)22(25)23-18(2)20-8-4-3-5-9-20/h3-5,8-13,17-18H,6-7,14-16H2,1-2H3,(H,23,25)/t17-,18+/m1/s1. The fraction of sp³-hybridized carbons (Fsp3) is 0.409. The van der Waals surface area contributed by atoms with Crippen LogP contribution in [0.1, 0.15) is 54.2 Å². The third-order valence-corrected chi connectivity index (χ3v) is 5.01. The maximum atomic E-state index is 12.5. The number of nitrogens with zero attached hydrogens (tertiary/aromatic N) is 1. The van der Waals surface area contributed by atoms with Crippen molar-refractivity contribution in [3.63, 3.8) is 0 Å². The van der Waals surface area contributed by atoms with E-state index in [4.69, 9.17) is 0 Å². The van der Waals surface area contributed by atoms with E-state index in [9.17, 15) is 4.79 Å². The number of carbonyl (C=O) groups is 1. The molecule has 1 amide bonds. The minimum atomic E-state index is -0.0190. The van der Waals surface area contributed by atoms with E-state index < -0.39 is 0 Å². The van der Waals surface area contributed by atoms with Gasteiger partial charge in [0.05, 0.1) is 6.04 Å². The van der Waals surface area contributed by atoms with E-state index in [-0.39, 0.29) is 11.9 Å². The van der Waals surface area contributed by atoms with Crippen LogP contribution in [0.4, 0.5) is 0 Å². The minimum Gasteiger partial charge on any atom is -0.346 e. The summed E-state index contributed by atoms with van der Waals surface area (Å²) in [4.78, 5) is 15.0. The van der Waals surface area contributed by atoms with Crippen molar-refractivity contribution in [2.45, 2.75) is 39.3 Å². The molecule has 0 saturated carbocycles. The predicted molar refractivity (Wildman–Crippen MR) is 102 cm³/mol. The second-order valence-electron chi connectivity index (χ2n) is 7.29. The van der Waals surface area contributed by atoms with Crippen molar-refractivity contribution < 1.29 is 4.79 Å². The fourth-order valence-corrected chi connectivity index (χ4v) is 3.56. The van der Waals surface area contributed by atoms with Gasteiger partial charge in [-0.1, -0.05) is 49.4 Å². The predicted octanol–water partition coefficient (Wildman–Crippen LogP) is 4.41. The number of carbonyl (C=O) groups excluding carboxylic acids is 1. The summed E-state index contributed by atoms with van der Waals surface area (Å²) in [5.74, 6) is 0.771. The minimum absolute atomic E-state index is 0.00298.